The zero-order valence-corrected chi connectivity index (χ0v) is 10.1. The van der Waals surface area contributed by atoms with Crippen LogP contribution in [-0.4, -0.2) is 16.9 Å². The minimum atomic E-state index is -0.916. The summed E-state index contributed by atoms with van der Waals surface area (Å²) in [4.78, 5) is 22.0. The molecule has 0 fully saturated rings. The van der Waals surface area contributed by atoms with Crippen molar-refractivity contribution in [2.75, 3.05) is 0 Å². The van der Waals surface area contributed by atoms with E-state index in [2.05, 4.69) is 13.0 Å². The largest absolute Gasteiger partial charge is 0.481 e. The van der Waals surface area contributed by atoms with Crippen molar-refractivity contribution in [3.8, 4) is 0 Å². The maximum absolute atomic E-state index is 11.6. The number of carbonyl (C=O) groups excluding carboxylic acids is 1. The van der Waals surface area contributed by atoms with Gasteiger partial charge in [0.1, 0.15) is 5.78 Å². The lowest BCUT2D eigenvalue weighted by atomic mass is 9.97. The fourth-order valence-corrected chi connectivity index (χ4v) is 1.81. The smallest absolute Gasteiger partial charge is 0.303 e. The normalized spacial score (nSPS) is 14.9. The Balaban J connectivity index is 2.61. The molecule has 3 heteroatoms. The molecule has 1 rings (SSSR count). The van der Waals surface area contributed by atoms with E-state index in [1.807, 2.05) is 18.2 Å². The highest BCUT2D eigenvalue weighted by molar-refractivity contribution is 5.84. The van der Waals surface area contributed by atoms with Crippen molar-refractivity contribution in [1.29, 1.82) is 0 Å². The zero-order chi connectivity index (χ0) is 12.7. The molecule has 17 heavy (non-hydrogen) atoms. The van der Waals surface area contributed by atoms with Gasteiger partial charge in [-0.05, 0) is 18.4 Å². The van der Waals surface area contributed by atoms with E-state index in [4.69, 9.17) is 5.11 Å². The predicted octanol–water partition coefficient (Wildman–Crippen LogP) is 3.03. The molecule has 0 spiro atoms. The maximum Gasteiger partial charge on any atom is 0.303 e. The Bertz CT molecular complexity index is 386. The fraction of sp³-hybridized carbons (Fsp3) is 0.429. The van der Waals surface area contributed by atoms with E-state index in [1.165, 1.54) is 5.57 Å². The molecule has 92 valence electrons. The highest BCUT2D eigenvalue weighted by Crippen LogP contribution is 2.21. The third kappa shape index (κ3) is 4.81. The molecular weight excluding hydrogens is 216 g/mol. The van der Waals surface area contributed by atoms with Gasteiger partial charge in [-0.2, -0.15) is 0 Å². The molecule has 0 aromatic rings. The molecule has 0 aliphatic heterocycles. The van der Waals surface area contributed by atoms with E-state index < -0.39 is 5.97 Å². The van der Waals surface area contributed by atoms with Gasteiger partial charge in [0.25, 0.3) is 0 Å². The van der Waals surface area contributed by atoms with Crippen molar-refractivity contribution < 1.29 is 14.7 Å². The summed E-state index contributed by atoms with van der Waals surface area (Å²) in [5, 5.41) is 8.52. The first-order valence-electron chi connectivity index (χ1n) is 5.91. The predicted molar refractivity (Wildman–Crippen MR) is 66.7 cm³/mol. The first kappa shape index (κ1) is 13.4. The highest BCUT2D eigenvalue weighted by atomic mass is 16.4. The number of carboxylic acids is 1. The summed E-state index contributed by atoms with van der Waals surface area (Å²) in [7, 11) is 0. The lowest BCUT2D eigenvalue weighted by Crippen LogP contribution is -2.04. The summed E-state index contributed by atoms with van der Waals surface area (Å²) < 4.78 is 0. The Morgan fingerprint density at radius 1 is 1.29 bits per heavy atom. The highest BCUT2D eigenvalue weighted by Gasteiger charge is 2.10. The van der Waals surface area contributed by atoms with Crippen LogP contribution >= 0.6 is 0 Å². The van der Waals surface area contributed by atoms with Gasteiger partial charge in [0.05, 0.1) is 6.42 Å². The fourth-order valence-electron chi connectivity index (χ4n) is 1.81. The van der Waals surface area contributed by atoms with Gasteiger partial charge in [0.15, 0.2) is 0 Å². The molecule has 0 radical (unpaired) electrons. The van der Waals surface area contributed by atoms with Crippen molar-refractivity contribution in [2.45, 2.75) is 39.0 Å². The summed E-state index contributed by atoms with van der Waals surface area (Å²) in [6, 6.07) is 0. The van der Waals surface area contributed by atoms with E-state index in [-0.39, 0.29) is 18.6 Å². The average Bonchev–Trinajstić information content (AvgIpc) is 2.51. The summed E-state index contributed by atoms with van der Waals surface area (Å²) in [6.45, 7) is 2.07. The minimum absolute atomic E-state index is 0.0000926. The van der Waals surface area contributed by atoms with E-state index in [0.717, 1.165) is 18.4 Å². The lowest BCUT2D eigenvalue weighted by Gasteiger charge is -2.07. The van der Waals surface area contributed by atoms with Crippen molar-refractivity contribution in [1.82, 2.24) is 0 Å². The maximum atomic E-state index is 11.6. The molecule has 1 N–H and O–H groups in total. The number of hydrogen-bond donors (Lipinski definition) is 1. The number of carbonyl (C=O) groups is 2. The van der Waals surface area contributed by atoms with E-state index in [1.54, 1.807) is 0 Å². The van der Waals surface area contributed by atoms with E-state index in [0.29, 0.717) is 6.42 Å². The van der Waals surface area contributed by atoms with Crippen LogP contribution in [-0.2, 0) is 9.59 Å². The van der Waals surface area contributed by atoms with Gasteiger partial charge < -0.3 is 5.11 Å². The second kappa shape index (κ2) is 6.84. The second-order valence-corrected chi connectivity index (χ2v) is 4.08. The molecule has 0 unspecified atom stereocenters. The van der Waals surface area contributed by atoms with Crippen LogP contribution in [0.4, 0.5) is 0 Å². The van der Waals surface area contributed by atoms with Crippen molar-refractivity contribution in [3.63, 3.8) is 0 Å². The molecule has 0 bridgehead atoms. The molecule has 3 nitrogen and oxygen atoms in total. The van der Waals surface area contributed by atoms with Gasteiger partial charge in [-0.3, -0.25) is 9.59 Å². The van der Waals surface area contributed by atoms with Gasteiger partial charge in [-0.15, -0.1) is 0 Å². The molecule has 0 saturated carbocycles. The summed E-state index contributed by atoms with van der Waals surface area (Å²) in [5.74, 6) is -0.916. The van der Waals surface area contributed by atoms with Crippen LogP contribution in [0.3, 0.4) is 0 Å². The van der Waals surface area contributed by atoms with Gasteiger partial charge in [0, 0.05) is 12.8 Å². The Kier molecular flexibility index (Phi) is 5.40. The van der Waals surface area contributed by atoms with Gasteiger partial charge in [-0.25, -0.2) is 0 Å². The molecule has 0 atom stereocenters. The monoisotopic (exact) mass is 234 g/mol. The third-order valence-corrected chi connectivity index (χ3v) is 2.80. The van der Waals surface area contributed by atoms with Crippen molar-refractivity contribution in [3.05, 3.63) is 35.5 Å². The zero-order valence-electron chi connectivity index (χ0n) is 10.1. The molecule has 1 aliphatic carbocycles. The average molecular weight is 234 g/mol. The molecule has 0 heterocycles. The van der Waals surface area contributed by atoms with Crippen LogP contribution in [0.2, 0.25) is 0 Å². The SMILES string of the molecule is CCC1=C(CC(=O)CCC(=O)O)C=CC=CC1. The third-order valence-electron chi connectivity index (χ3n) is 2.80. The molecule has 1 aliphatic rings. The van der Waals surface area contributed by atoms with Crippen LogP contribution in [0.1, 0.15) is 39.0 Å². The van der Waals surface area contributed by atoms with Crippen LogP contribution < -0.4 is 0 Å². The van der Waals surface area contributed by atoms with Crippen LogP contribution in [0.15, 0.2) is 35.5 Å². The van der Waals surface area contributed by atoms with Gasteiger partial charge in [-0.1, -0.05) is 36.8 Å². The first-order chi connectivity index (χ1) is 8.13. The van der Waals surface area contributed by atoms with E-state index >= 15 is 0 Å². The number of hydrogen-bond acceptors (Lipinski definition) is 2. The van der Waals surface area contributed by atoms with Crippen LogP contribution in [0.25, 0.3) is 0 Å². The van der Waals surface area contributed by atoms with Gasteiger partial charge >= 0.3 is 5.97 Å². The number of Topliss-reactive ketones (excluding diaryl/α,β-unsaturated/α-hetero) is 1. The number of carboxylic acid groups (broad SMARTS) is 1. The summed E-state index contributed by atoms with van der Waals surface area (Å²) in [6.07, 6.45) is 10.2. The Labute approximate surface area is 102 Å². The Morgan fingerprint density at radius 3 is 2.71 bits per heavy atom. The molecular formula is C14H18O3. The summed E-state index contributed by atoms with van der Waals surface area (Å²) >= 11 is 0. The van der Waals surface area contributed by atoms with E-state index in [9.17, 15) is 9.59 Å². The van der Waals surface area contributed by atoms with Crippen molar-refractivity contribution >= 4 is 11.8 Å². The number of ketones is 1. The Morgan fingerprint density at radius 2 is 2.06 bits per heavy atom. The quantitative estimate of drug-likeness (QED) is 0.768. The molecule has 0 saturated heterocycles. The molecule has 0 aromatic heterocycles. The molecule has 0 amide bonds. The first-order valence-corrected chi connectivity index (χ1v) is 5.91. The number of allylic oxidation sites excluding steroid dienone is 6. The second-order valence-electron chi connectivity index (χ2n) is 4.08. The topological polar surface area (TPSA) is 54.4 Å². The van der Waals surface area contributed by atoms with Crippen LogP contribution in [0, 0.1) is 0 Å². The van der Waals surface area contributed by atoms with Crippen molar-refractivity contribution in [2.24, 2.45) is 0 Å². The Hall–Kier alpha value is -1.64. The lowest BCUT2D eigenvalue weighted by molar-refractivity contribution is -0.138. The van der Waals surface area contributed by atoms with Gasteiger partial charge in [0.2, 0.25) is 0 Å². The number of rotatable bonds is 6. The molecule has 0 aromatic carbocycles. The van der Waals surface area contributed by atoms with Crippen LogP contribution in [0.5, 0.6) is 0 Å². The number of aliphatic carboxylic acids is 1. The summed E-state index contributed by atoms with van der Waals surface area (Å²) in [5.41, 5.74) is 2.31. The standard InChI is InChI=1S/C14H18O3/c1-2-11-6-4-3-5-7-12(11)10-13(15)8-9-14(16)17/h3-5,7H,2,6,8-10H2,1H3,(H,16,17). The minimum Gasteiger partial charge on any atom is -0.481 e.